The van der Waals surface area contributed by atoms with Gasteiger partial charge in [0.1, 0.15) is 0 Å². The first kappa shape index (κ1) is 15.1. The molecule has 0 aliphatic rings. The molecule has 1 unspecified atom stereocenters. The highest BCUT2D eigenvalue weighted by atomic mass is 15.2. The minimum atomic E-state index is 0.104. The SMILES string of the molecule is CCCNC(Cc1ccccn1)C(C)(C)N(C)C. The van der Waals surface area contributed by atoms with Crippen LogP contribution >= 0.6 is 0 Å². The van der Waals surface area contributed by atoms with Crippen LogP contribution in [0, 0.1) is 0 Å². The van der Waals surface area contributed by atoms with Gasteiger partial charge in [-0.2, -0.15) is 0 Å². The summed E-state index contributed by atoms with van der Waals surface area (Å²) in [6.45, 7) is 7.81. The fourth-order valence-electron chi connectivity index (χ4n) is 1.93. The average Bonchev–Trinajstić information content (AvgIpc) is 2.35. The van der Waals surface area contributed by atoms with E-state index >= 15 is 0 Å². The number of likely N-dealkylation sites (N-methyl/N-ethyl adjacent to an activating group) is 1. The molecule has 0 aromatic carbocycles. The van der Waals surface area contributed by atoms with Gasteiger partial charge in [-0.15, -0.1) is 0 Å². The summed E-state index contributed by atoms with van der Waals surface area (Å²) in [7, 11) is 4.28. The van der Waals surface area contributed by atoms with Gasteiger partial charge in [-0.25, -0.2) is 0 Å². The topological polar surface area (TPSA) is 28.2 Å². The number of rotatable bonds is 7. The Morgan fingerprint density at radius 3 is 2.56 bits per heavy atom. The fourth-order valence-corrected chi connectivity index (χ4v) is 1.93. The van der Waals surface area contributed by atoms with E-state index in [2.05, 4.69) is 62.2 Å². The summed E-state index contributed by atoms with van der Waals surface area (Å²) < 4.78 is 0. The quantitative estimate of drug-likeness (QED) is 0.804. The number of aromatic nitrogens is 1. The highest BCUT2D eigenvalue weighted by Gasteiger charge is 2.31. The zero-order valence-corrected chi connectivity index (χ0v) is 12.4. The third-order valence-electron chi connectivity index (χ3n) is 3.79. The molecule has 18 heavy (non-hydrogen) atoms. The van der Waals surface area contributed by atoms with E-state index in [0.717, 1.165) is 25.1 Å². The minimum absolute atomic E-state index is 0.104. The van der Waals surface area contributed by atoms with Gasteiger partial charge in [0, 0.05) is 29.9 Å². The molecule has 3 nitrogen and oxygen atoms in total. The number of hydrogen-bond donors (Lipinski definition) is 1. The molecule has 1 rings (SSSR count). The Morgan fingerprint density at radius 2 is 2.06 bits per heavy atom. The molecule has 0 radical (unpaired) electrons. The Kier molecular flexibility index (Phi) is 5.76. The molecule has 0 aliphatic heterocycles. The van der Waals surface area contributed by atoms with E-state index in [-0.39, 0.29) is 5.54 Å². The van der Waals surface area contributed by atoms with Crippen LogP contribution in [0.15, 0.2) is 24.4 Å². The summed E-state index contributed by atoms with van der Waals surface area (Å²) in [6.07, 6.45) is 3.99. The van der Waals surface area contributed by atoms with E-state index in [0.29, 0.717) is 6.04 Å². The van der Waals surface area contributed by atoms with Crippen LogP contribution in [0.3, 0.4) is 0 Å². The molecule has 0 spiro atoms. The van der Waals surface area contributed by atoms with Crippen molar-refractivity contribution in [2.75, 3.05) is 20.6 Å². The predicted octanol–water partition coefficient (Wildman–Crippen LogP) is 2.33. The number of nitrogens with zero attached hydrogens (tertiary/aromatic N) is 2. The van der Waals surface area contributed by atoms with Crippen LogP contribution in [0.2, 0.25) is 0 Å². The molecule has 3 heteroatoms. The summed E-state index contributed by atoms with van der Waals surface area (Å²) in [4.78, 5) is 6.72. The van der Waals surface area contributed by atoms with Crippen LogP contribution < -0.4 is 5.32 Å². The molecule has 0 fully saturated rings. The molecule has 1 aromatic heterocycles. The molecule has 0 saturated heterocycles. The third-order valence-corrected chi connectivity index (χ3v) is 3.79. The smallest absolute Gasteiger partial charge is 0.0419 e. The fraction of sp³-hybridized carbons (Fsp3) is 0.667. The van der Waals surface area contributed by atoms with Crippen molar-refractivity contribution in [3.8, 4) is 0 Å². The summed E-state index contributed by atoms with van der Waals surface area (Å²) in [5.74, 6) is 0. The van der Waals surface area contributed by atoms with Crippen LogP contribution in [0.5, 0.6) is 0 Å². The Hall–Kier alpha value is -0.930. The highest BCUT2D eigenvalue weighted by molar-refractivity contribution is 5.08. The van der Waals surface area contributed by atoms with Crippen LogP contribution in [-0.4, -0.2) is 42.1 Å². The zero-order chi connectivity index (χ0) is 13.6. The van der Waals surface area contributed by atoms with Crippen LogP contribution in [0.1, 0.15) is 32.9 Å². The molecule has 1 N–H and O–H groups in total. The second kappa shape index (κ2) is 6.86. The van der Waals surface area contributed by atoms with Gasteiger partial charge in [0.25, 0.3) is 0 Å². The van der Waals surface area contributed by atoms with Gasteiger partial charge in [0.2, 0.25) is 0 Å². The van der Waals surface area contributed by atoms with Crippen LogP contribution in [0.25, 0.3) is 0 Å². The summed E-state index contributed by atoms with van der Waals surface area (Å²) >= 11 is 0. The van der Waals surface area contributed by atoms with Gasteiger partial charge < -0.3 is 10.2 Å². The van der Waals surface area contributed by atoms with E-state index in [1.807, 2.05) is 12.3 Å². The molecule has 102 valence electrons. The summed E-state index contributed by atoms with van der Waals surface area (Å²) in [5, 5.41) is 3.66. The van der Waals surface area contributed by atoms with Gasteiger partial charge in [0.15, 0.2) is 0 Å². The molecule has 1 heterocycles. The Balaban J connectivity index is 2.78. The maximum absolute atomic E-state index is 4.44. The maximum atomic E-state index is 4.44. The lowest BCUT2D eigenvalue weighted by molar-refractivity contribution is 0.136. The Labute approximate surface area is 112 Å². The van der Waals surface area contributed by atoms with Gasteiger partial charge in [-0.3, -0.25) is 4.98 Å². The monoisotopic (exact) mass is 249 g/mol. The van der Waals surface area contributed by atoms with E-state index in [1.165, 1.54) is 0 Å². The number of pyridine rings is 1. The van der Waals surface area contributed by atoms with Crippen molar-refractivity contribution in [2.24, 2.45) is 0 Å². The number of hydrogen-bond acceptors (Lipinski definition) is 3. The molecule has 0 saturated carbocycles. The lowest BCUT2D eigenvalue weighted by Gasteiger charge is -2.40. The van der Waals surface area contributed by atoms with Crippen molar-refractivity contribution in [3.05, 3.63) is 30.1 Å². The zero-order valence-electron chi connectivity index (χ0n) is 12.4. The van der Waals surface area contributed by atoms with Crippen LogP contribution in [-0.2, 0) is 6.42 Å². The van der Waals surface area contributed by atoms with E-state index in [9.17, 15) is 0 Å². The molecule has 0 amide bonds. The van der Waals surface area contributed by atoms with Crippen molar-refractivity contribution in [3.63, 3.8) is 0 Å². The predicted molar refractivity (Wildman–Crippen MR) is 77.8 cm³/mol. The van der Waals surface area contributed by atoms with E-state index in [4.69, 9.17) is 0 Å². The Bertz CT molecular complexity index is 333. The van der Waals surface area contributed by atoms with Gasteiger partial charge in [-0.05, 0) is 53.0 Å². The first-order valence-corrected chi connectivity index (χ1v) is 6.79. The molecule has 0 bridgehead atoms. The van der Waals surface area contributed by atoms with E-state index < -0.39 is 0 Å². The Morgan fingerprint density at radius 1 is 1.33 bits per heavy atom. The minimum Gasteiger partial charge on any atom is -0.312 e. The standard InChI is InChI=1S/C15H27N3/c1-6-10-17-14(15(2,3)18(4)5)12-13-9-7-8-11-16-13/h7-9,11,14,17H,6,10,12H2,1-5H3. The molecule has 1 aromatic rings. The number of nitrogens with one attached hydrogen (secondary N) is 1. The normalized spacial score (nSPS) is 13.9. The summed E-state index contributed by atoms with van der Waals surface area (Å²) in [6, 6.07) is 6.53. The molecular weight excluding hydrogens is 222 g/mol. The van der Waals surface area contributed by atoms with E-state index in [1.54, 1.807) is 0 Å². The summed E-state index contributed by atoms with van der Waals surface area (Å²) in [5.41, 5.74) is 1.26. The third kappa shape index (κ3) is 4.07. The first-order valence-electron chi connectivity index (χ1n) is 6.79. The van der Waals surface area contributed by atoms with Gasteiger partial charge in [-0.1, -0.05) is 13.0 Å². The van der Waals surface area contributed by atoms with Crippen LogP contribution in [0.4, 0.5) is 0 Å². The van der Waals surface area contributed by atoms with Gasteiger partial charge in [0.05, 0.1) is 0 Å². The van der Waals surface area contributed by atoms with Gasteiger partial charge >= 0.3 is 0 Å². The molecule has 1 atom stereocenters. The molecule has 0 aliphatic carbocycles. The lowest BCUT2D eigenvalue weighted by Crippen LogP contribution is -2.56. The first-order chi connectivity index (χ1) is 8.48. The largest absolute Gasteiger partial charge is 0.312 e. The highest BCUT2D eigenvalue weighted by Crippen LogP contribution is 2.19. The maximum Gasteiger partial charge on any atom is 0.0419 e. The van der Waals surface area contributed by atoms with Crippen molar-refractivity contribution < 1.29 is 0 Å². The second-order valence-electron chi connectivity index (χ2n) is 5.58. The second-order valence-corrected chi connectivity index (χ2v) is 5.58. The van der Waals surface area contributed by atoms with Crippen molar-refractivity contribution in [1.82, 2.24) is 15.2 Å². The average molecular weight is 249 g/mol. The lowest BCUT2D eigenvalue weighted by atomic mass is 9.89. The molecular formula is C15H27N3. The van der Waals surface area contributed by atoms with Crippen molar-refractivity contribution in [2.45, 2.75) is 45.2 Å². The van der Waals surface area contributed by atoms with Crippen molar-refractivity contribution in [1.29, 1.82) is 0 Å². The van der Waals surface area contributed by atoms with Crippen molar-refractivity contribution >= 4 is 0 Å².